The van der Waals surface area contributed by atoms with Crippen molar-refractivity contribution in [2.24, 2.45) is 0 Å². The fraction of sp³-hybridized carbons (Fsp3) is 0.353. The number of nitrogens with zero attached hydrogens (tertiary/aromatic N) is 2. The van der Waals surface area contributed by atoms with Crippen LogP contribution in [0.15, 0.2) is 48.7 Å². The first-order chi connectivity index (χ1) is 10.3. The Morgan fingerprint density at radius 1 is 1.14 bits per heavy atom. The Kier molecular flexibility index (Phi) is 6.03. The average molecular weight is 285 g/mol. The summed E-state index contributed by atoms with van der Waals surface area (Å²) >= 11 is 0. The molecule has 0 bridgehead atoms. The molecule has 112 valence electrons. The average Bonchev–Trinajstić information content (AvgIpc) is 2.53. The smallest absolute Gasteiger partial charge is 0.142 e. The van der Waals surface area contributed by atoms with E-state index in [1.807, 2.05) is 42.6 Å². The molecule has 2 aromatic rings. The number of ether oxygens (including phenoxy) is 1. The molecule has 0 fully saturated rings. The van der Waals surface area contributed by atoms with Crippen LogP contribution >= 0.6 is 0 Å². The minimum Gasteiger partial charge on any atom is -0.491 e. The molecule has 0 spiro atoms. The molecule has 0 unspecified atom stereocenters. The van der Waals surface area contributed by atoms with Gasteiger partial charge < -0.3 is 10.5 Å². The van der Waals surface area contributed by atoms with Crippen LogP contribution < -0.4 is 10.5 Å². The number of hydrogen-bond acceptors (Lipinski definition) is 4. The third-order valence-electron chi connectivity index (χ3n) is 3.35. The first kappa shape index (κ1) is 15.3. The van der Waals surface area contributed by atoms with Gasteiger partial charge in [-0.15, -0.1) is 0 Å². The Morgan fingerprint density at radius 3 is 2.67 bits per heavy atom. The standard InChI is InChI=1S/C17H23N3O/c1-2-20(14-15-8-5-6-11-19-15)12-7-13-21-17-10-4-3-9-16(17)18/h3-6,8-11H,2,7,12-14,18H2,1H3. The van der Waals surface area contributed by atoms with Gasteiger partial charge in [0, 0.05) is 19.3 Å². The van der Waals surface area contributed by atoms with E-state index < -0.39 is 0 Å². The highest BCUT2D eigenvalue weighted by molar-refractivity contribution is 5.51. The summed E-state index contributed by atoms with van der Waals surface area (Å²) in [5, 5.41) is 0. The van der Waals surface area contributed by atoms with Crippen molar-refractivity contribution in [3.05, 3.63) is 54.4 Å². The summed E-state index contributed by atoms with van der Waals surface area (Å²) < 4.78 is 5.71. The molecule has 4 nitrogen and oxygen atoms in total. The number of rotatable bonds is 8. The molecule has 0 saturated carbocycles. The van der Waals surface area contributed by atoms with Gasteiger partial charge in [-0.25, -0.2) is 0 Å². The maximum absolute atomic E-state index is 5.85. The zero-order valence-corrected chi connectivity index (χ0v) is 12.5. The number of hydrogen-bond donors (Lipinski definition) is 1. The summed E-state index contributed by atoms with van der Waals surface area (Å²) in [6, 6.07) is 13.6. The summed E-state index contributed by atoms with van der Waals surface area (Å²) in [6.07, 6.45) is 2.81. The number of pyridine rings is 1. The fourth-order valence-electron chi connectivity index (χ4n) is 2.15. The Morgan fingerprint density at radius 2 is 1.95 bits per heavy atom. The highest BCUT2D eigenvalue weighted by Gasteiger charge is 2.05. The first-order valence-corrected chi connectivity index (χ1v) is 7.39. The maximum atomic E-state index is 5.85. The van der Waals surface area contributed by atoms with Crippen molar-refractivity contribution in [3.8, 4) is 5.75 Å². The van der Waals surface area contributed by atoms with Gasteiger partial charge in [-0.05, 0) is 37.2 Å². The SMILES string of the molecule is CCN(CCCOc1ccccc1N)Cc1ccccn1. The van der Waals surface area contributed by atoms with E-state index in [9.17, 15) is 0 Å². The molecule has 0 radical (unpaired) electrons. The van der Waals surface area contributed by atoms with Crippen molar-refractivity contribution in [2.75, 3.05) is 25.4 Å². The van der Waals surface area contributed by atoms with Crippen LogP contribution in [0.3, 0.4) is 0 Å². The van der Waals surface area contributed by atoms with Crippen LogP contribution in [0.4, 0.5) is 5.69 Å². The zero-order valence-electron chi connectivity index (χ0n) is 12.5. The van der Waals surface area contributed by atoms with E-state index in [0.29, 0.717) is 12.3 Å². The molecule has 0 atom stereocenters. The summed E-state index contributed by atoms with van der Waals surface area (Å²) in [5.41, 5.74) is 7.64. The maximum Gasteiger partial charge on any atom is 0.142 e. The minimum atomic E-state index is 0.674. The second-order valence-electron chi connectivity index (χ2n) is 4.93. The summed E-state index contributed by atoms with van der Waals surface area (Å²) in [5.74, 6) is 0.769. The number of para-hydroxylation sites is 2. The van der Waals surface area contributed by atoms with Crippen molar-refractivity contribution in [2.45, 2.75) is 19.9 Å². The topological polar surface area (TPSA) is 51.4 Å². The van der Waals surface area contributed by atoms with E-state index in [-0.39, 0.29) is 0 Å². The minimum absolute atomic E-state index is 0.674. The largest absolute Gasteiger partial charge is 0.491 e. The molecule has 2 N–H and O–H groups in total. The van der Waals surface area contributed by atoms with Gasteiger partial charge in [0.05, 0.1) is 18.0 Å². The second-order valence-corrected chi connectivity index (χ2v) is 4.93. The molecule has 1 heterocycles. The van der Waals surface area contributed by atoms with Crippen LogP contribution in [0.25, 0.3) is 0 Å². The molecular weight excluding hydrogens is 262 g/mol. The van der Waals surface area contributed by atoms with Crippen molar-refractivity contribution in [1.29, 1.82) is 0 Å². The van der Waals surface area contributed by atoms with Gasteiger partial charge in [-0.1, -0.05) is 25.1 Å². The lowest BCUT2D eigenvalue weighted by Crippen LogP contribution is -2.25. The summed E-state index contributed by atoms with van der Waals surface area (Å²) in [6.45, 7) is 5.71. The highest BCUT2D eigenvalue weighted by atomic mass is 16.5. The van der Waals surface area contributed by atoms with E-state index in [1.165, 1.54) is 0 Å². The Labute approximate surface area is 126 Å². The van der Waals surface area contributed by atoms with Crippen LogP contribution in [0.5, 0.6) is 5.75 Å². The number of nitrogens with two attached hydrogens (primary N) is 1. The van der Waals surface area contributed by atoms with Crippen molar-refractivity contribution in [3.63, 3.8) is 0 Å². The number of aromatic nitrogens is 1. The van der Waals surface area contributed by atoms with Gasteiger partial charge in [0.1, 0.15) is 5.75 Å². The Balaban J connectivity index is 1.73. The lowest BCUT2D eigenvalue weighted by Gasteiger charge is -2.20. The zero-order chi connectivity index (χ0) is 14.9. The molecule has 2 rings (SSSR count). The van der Waals surface area contributed by atoms with Crippen molar-refractivity contribution < 1.29 is 4.74 Å². The molecule has 4 heteroatoms. The molecule has 0 aliphatic heterocycles. The predicted molar refractivity (Wildman–Crippen MR) is 86.2 cm³/mol. The summed E-state index contributed by atoms with van der Waals surface area (Å²) in [4.78, 5) is 6.73. The number of nitrogen functional groups attached to an aromatic ring is 1. The molecule has 0 aliphatic carbocycles. The van der Waals surface area contributed by atoms with Gasteiger partial charge in [0.25, 0.3) is 0 Å². The molecule has 0 amide bonds. The quantitative estimate of drug-likeness (QED) is 0.598. The van der Waals surface area contributed by atoms with E-state index >= 15 is 0 Å². The lowest BCUT2D eigenvalue weighted by atomic mass is 10.3. The van der Waals surface area contributed by atoms with E-state index in [1.54, 1.807) is 0 Å². The molecule has 1 aromatic heterocycles. The highest BCUT2D eigenvalue weighted by Crippen LogP contribution is 2.19. The van der Waals surface area contributed by atoms with Crippen LogP contribution in [-0.2, 0) is 6.54 Å². The Bertz CT molecular complexity index is 531. The van der Waals surface area contributed by atoms with Gasteiger partial charge in [-0.2, -0.15) is 0 Å². The van der Waals surface area contributed by atoms with Gasteiger partial charge in [0.15, 0.2) is 0 Å². The van der Waals surface area contributed by atoms with E-state index in [0.717, 1.165) is 37.5 Å². The summed E-state index contributed by atoms with van der Waals surface area (Å²) in [7, 11) is 0. The molecule has 0 saturated heterocycles. The lowest BCUT2D eigenvalue weighted by molar-refractivity contribution is 0.235. The van der Waals surface area contributed by atoms with Crippen LogP contribution in [0, 0.1) is 0 Å². The molecular formula is C17H23N3O. The van der Waals surface area contributed by atoms with Crippen molar-refractivity contribution in [1.82, 2.24) is 9.88 Å². The van der Waals surface area contributed by atoms with Gasteiger partial charge in [0.2, 0.25) is 0 Å². The molecule has 0 aliphatic rings. The monoisotopic (exact) mass is 285 g/mol. The predicted octanol–water partition coefficient (Wildman–Crippen LogP) is 2.95. The van der Waals surface area contributed by atoms with E-state index in [4.69, 9.17) is 10.5 Å². The van der Waals surface area contributed by atoms with Crippen LogP contribution in [0.2, 0.25) is 0 Å². The number of anilines is 1. The molecule has 21 heavy (non-hydrogen) atoms. The van der Waals surface area contributed by atoms with E-state index in [2.05, 4.69) is 22.9 Å². The second kappa shape index (κ2) is 8.27. The third-order valence-corrected chi connectivity index (χ3v) is 3.35. The third kappa shape index (κ3) is 5.08. The normalized spacial score (nSPS) is 10.8. The van der Waals surface area contributed by atoms with Crippen LogP contribution in [0.1, 0.15) is 19.0 Å². The van der Waals surface area contributed by atoms with Crippen LogP contribution in [-0.4, -0.2) is 29.6 Å². The van der Waals surface area contributed by atoms with Gasteiger partial charge in [-0.3, -0.25) is 9.88 Å². The first-order valence-electron chi connectivity index (χ1n) is 7.39. The number of benzene rings is 1. The van der Waals surface area contributed by atoms with Crippen molar-refractivity contribution >= 4 is 5.69 Å². The Hall–Kier alpha value is -2.07. The fourth-order valence-corrected chi connectivity index (χ4v) is 2.15. The van der Waals surface area contributed by atoms with Gasteiger partial charge >= 0.3 is 0 Å². The molecule has 1 aromatic carbocycles.